The van der Waals surface area contributed by atoms with Gasteiger partial charge < -0.3 is 4.57 Å². The highest BCUT2D eigenvalue weighted by molar-refractivity contribution is 6.31. The zero-order chi connectivity index (χ0) is 16.0. The molecule has 1 fully saturated rings. The second-order valence-corrected chi connectivity index (χ2v) is 7.00. The monoisotopic (exact) mass is 368 g/mol. The molecule has 0 aliphatic carbocycles. The van der Waals surface area contributed by atoms with Gasteiger partial charge in [-0.1, -0.05) is 23.7 Å². The fourth-order valence-corrected chi connectivity index (χ4v) is 4.25. The summed E-state index contributed by atoms with van der Waals surface area (Å²) in [7, 11) is 0. The predicted octanol–water partition coefficient (Wildman–Crippen LogP) is 3.68. The summed E-state index contributed by atoms with van der Waals surface area (Å²) in [5.41, 5.74) is 1.76. The third kappa shape index (κ3) is 3.10. The van der Waals surface area contributed by atoms with Crippen molar-refractivity contribution >= 4 is 24.0 Å². The van der Waals surface area contributed by atoms with Gasteiger partial charge >= 0.3 is 0 Å². The molecule has 0 unspecified atom stereocenters. The van der Waals surface area contributed by atoms with Crippen molar-refractivity contribution in [2.24, 2.45) is 5.92 Å². The molecule has 2 atom stereocenters. The minimum Gasteiger partial charge on any atom is -0.312 e. The summed E-state index contributed by atoms with van der Waals surface area (Å²) < 4.78 is 15.9. The molecule has 0 saturated carbocycles. The van der Waals surface area contributed by atoms with Crippen LogP contribution >= 0.6 is 24.0 Å². The summed E-state index contributed by atoms with van der Waals surface area (Å²) in [5.74, 6) is 0.527. The van der Waals surface area contributed by atoms with Crippen LogP contribution in [0.15, 0.2) is 41.2 Å². The SMILES string of the molecule is Cl.O=c1cccc2n1C[C@H]1C[C@@H]2CN(Cc2c(F)cccc2Cl)C1. The molecular formula is C18H19Cl2FN2O. The van der Waals surface area contributed by atoms with Crippen LogP contribution in [0, 0.1) is 11.7 Å². The number of aromatic nitrogens is 1. The molecule has 0 N–H and O–H groups in total. The lowest BCUT2D eigenvalue weighted by atomic mass is 9.83. The van der Waals surface area contributed by atoms with Gasteiger partial charge in [0, 0.05) is 54.4 Å². The van der Waals surface area contributed by atoms with Crippen molar-refractivity contribution in [1.82, 2.24) is 9.47 Å². The Balaban J connectivity index is 0.00000169. The van der Waals surface area contributed by atoms with Gasteiger partial charge in [0.15, 0.2) is 0 Å². The molecule has 2 aliphatic heterocycles. The van der Waals surface area contributed by atoms with Gasteiger partial charge in [0.2, 0.25) is 0 Å². The molecule has 3 heterocycles. The first kappa shape index (κ1) is 17.5. The van der Waals surface area contributed by atoms with Crippen LogP contribution in [0.3, 0.4) is 0 Å². The number of hydrogen-bond acceptors (Lipinski definition) is 2. The van der Waals surface area contributed by atoms with Crippen LogP contribution in [-0.4, -0.2) is 22.6 Å². The molecule has 2 aliphatic rings. The second kappa shape index (κ2) is 6.87. The zero-order valence-electron chi connectivity index (χ0n) is 13.1. The number of nitrogens with zero attached hydrogens (tertiary/aromatic N) is 2. The molecule has 6 heteroatoms. The highest BCUT2D eigenvalue weighted by Gasteiger charge is 2.34. The van der Waals surface area contributed by atoms with Crippen molar-refractivity contribution in [3.05, 3.63) is 68.8 Å². The topological polar surface area (TPSA) is 25.2 Å². The summed E-state index contributed by atoms with van der Waals surface area (Å²) >= 11 is 6.16. The molecule has 1 aromatic carbocycles. The molecule has 0 radical (unpaired) electrons. The van der Waals surface area contributed by atoms with Crippen LogP contribution in [0.5, 0.6) is 0 Å². The number of likely N-dealkylation sites (tertiary alicyclic amines) is 1. The van der Waals surface area contributed by atoms with E-state index in [1.54, 1.807) is 18.2 Å². The van der Waals surface area contributed by atoms with E-state index in [0.29, 0.717) is 29.0 Å². The van der Waals surface area contributed by atoms with Gasteiger partial charge in [0.05, 0.1) is 0 Å². The minimum absolute atomic E-state index is 0. The Kier molecular flexibility index (Phi) is 5.00. The first-order chi connectivity index (χ1) is 11.1. The van der Waals surface area contributed by atoms with Gasteiger partial charge in [-0.3, -0.25) is 9.69 Å². The lowest BCUT2D eigenvalue weighted by Crippen LogP contribution is -2.46. The third-order valence-electron chi connectivity index (χ3n) is 5.00. The Labute approximate surface area is 151 Å². The van der Waals surface area contributed by atoms with E-state index < -0.39 is 0 Å². The minimum atomic E-state index is -0.246. The molecule has 0 amide bonds. The van der Waals surface area contributed by atoms with E-state index in [-0.39, 0.29) is 23.8 Å². The second-order valence-electron chi connectivity index (χ2n) is 6.59. The normalized spacial score (nSPS) is 22.6. The first-order valence-corrected chi connectivity index (χ1v) is 8.34. The molecule has 128 valence electrons. The van der Waals surface area contributed by atoms with E-state index in [1.807, 2.05) is 16.7 Å². The predicted molar refractivity (Wildman–Crippen MR) is 95.5 cm³/mol. The molecule has 3 nitrogen and oxygen atoms in total. The van der Waals surface area contributed by atoms with Crippen molar-refractivity contribution in [1.29, 1.82) is 0 Å². The number of benzene rings is 1. The molecule has 24 heavy (non-hydrogen) atoms. The number of piperidine rings is 1. The van der Waals surface area contributed by atoms with E-state index >= 15 is 0 Å². The van der Waals surface area contributed by atoms with E-state index in [2.05, 4.69) is 4.90 Å². The summed E-state index contributed by atoms with van der Waals surface area (Å²) in [6, 6.07) is 10.3. The van der Waals surface area contributed by atoms with E-state index in [1.165, 1.54) is 6.07 Å². The smallest absolute Gasteiger partial charge is 0.250 e. The maximum absolute atomic E-state index is 14.0. The average molecular weight is 369 g/mol. The fraction of sp³-hybridized carbons (Fsp3) is 0.389. The van der Waals surface area contributed by atoms with Gasteiger partial charge in [-0.15, -0.1) is 12.4 Å². The van der Waals surface area contributed by atoms with Crippen LogP contribution in [0.4, 0.5) is 4.39 Å². The van der Waals surface area contributed by atoms with E-state index in [9.17, 15) is 9.18 Å². The van der Waals surface area contributed by atoms with Gasteiger partial charge in [-0.2, -0.15) is 0 Å². The van der Waals surface area contributed by atoms with Gasteiger partial charge in [-0.05, 0) is 30.5 Å². The van der Waals surface area contributed by atoms with Crippen molar-refractivity contribution in [2.45, 2.75) is 25.4 Å². The largest absolute Gasteiger partial charge is 0.312 e. The lowest BCUT2D eigenvalue weighted by Gasteiger charge is -2.42. The van der Waals surface area contributed by atoms with Crippen LogP contribution in [-0.2, 0) is 13.1 Å². The van der Waals surface area contributed by atoms with Crippen molar-refractivity contribution in [3.63, 3.8) is 0 Å². The van der Waals surface area contributed by atoms with Crippen molar-refractivity contribution in [3.8, 4) is 0 Å². The fourth-order valence-electron chi connectivity index (χ4n) is 4.03. The number of hydrogen-bond donors (Lipinski definition) is 0. The van der Waals surface area contributed by atoms with Crippen molar-refractivity contribution in [2.75, 3.05) is 13.1 Å². The van der Waals surface area contributed by atoms with Gasteiger partial charge in [-0.25, -0.2) is 4.39 Å². The third-order valence-corrected chi connectivity index (χ3v) is 5.35. The molecular weight excluding hydrogens is 350 g/mol. The lowest BCUT2D eigenvalue weighted by molar-refractivity contribution is 0.113. The van der Waals surface area contributed by atoms with Crippen molar-refractivity contribution < 1.29 is 4.39 Å². The van der Waals surface area contributed by atoms with Gasteiger partial charge in [0.1, 0.15) is 5.82 Å². The van der Waals surface area contributed by atoms with E-state index in [0.717, 1.165) is 31.7 Å². The Bertz CT molecular complexity index is 788. The number of rotatable bonds is 2. The van der Waals surface area contributed by atoms with Crippen LogP contribution < -0.4 is 5.56 Å². The Morgan fingerprint density at radius 2 is 1.92 bits per heavy atom. The quantitative estimate of drug-likeness (QED) is 0.807. The zero-order valence-corrected chi connectivity index (χ0v) is 14.7. The summed E-state index contributed by atoms with van der Waals surface area (Å²) in [6.45, 7) is 3.00. The Morgan fingerprint density at radius 1 is 1.12 bits per heavy atom. The molecule has 2 aromatic rings. The highest BCUT2D eigenvalue weighted by Crippen LogP contribution is 2.36. The van der Waals surface area contributed by atoms with Crippen LogP contribution in [0.2, 0.25) is 5.02 Å². The standard InChI is InChI=1S/C18H18ClFN2O.ClH/c19-15-3-1-4-16(20)14(15)11-21-8-12-7-13(10-21)17-5-2-6-18(23)22(17)9-12;/h1-6,12-13H,7-11H2;1H/t12-,13+;/m0./s1. The highest BCUT2D eigenvalue weighted by atomic mass is 35.5. The first-order valence-electron chi connectivity index (χ1n) is 7.97. The molecule has 4 rings (SSSR count). The maximum Gasteiger partial charge on any atom is 0.250 e. The Hall–Kier alpha value is -1.36. The van der Waals surface area contributed by atoms with Gasteiger partial charge in [0.25, 0.3) is 5.56 Å². The molecule has 0 spiro atoms. The summed E-state index contributed by atoms with van der Waals surface area (Å²) in [6.07, 6.45) is 1.10. The molecule has 1 aromatic heterocycles. The summed E-state index contributed by atoms with van der Waals surface area (Å²) in [4.78, 5) is 14.3. The number of pyridine rings is 1. The Morgan fingerprint density at radius 3 is 2.71 bits per heavy atom. The van der Waals surface area contributed by atoms with E-state index in [4.69, 9.17) is 11.6 Å². The molecule has 1 saturated heterocycles. The molecule has 2 bridgehead atoms. The number of fused-ring (bicyclic) bond motifs is 4. The average Bonchev–Trinajstić information content (AvgIpc) is 2.52. The number of halogens is 3. The van der Waals surface area contributed by atoms with Crippen LogP contribution in [0.25, 0.3) is 0 Å². The maximum atomic E-state index is 14.0. The summed E-state index contributed by atoms with van der Waals surface area (Å²) in [5, 5.41) is 0.484. The van der Waals surface area contributed by atoms with Crippen LogP contribution in [0.1, 0.15) is 23.6 Å².